The molecule has 0 saturated carbocycles. The van der Waals surface area contributed by atoms with E-state index >= 15 is 0 Å². The minimum atomic E-state index is -0.496. The summed E-state index contributed by atoms with van der Waals surface area (Å²) in [6.07, 6.45) is 3.68. The van der Waals surface area contributed by atoms with E-state index in [-0.39, 0.29) is 0 Å². The average Bonchev–Trinajstić information content (AvgIpc) is 3.07. The zero-order valence-corrected chi connectivity index (χ0v) is 12.4. The van der Waals surface area contributed by atoms with Crippen molar-refractivity contribution >= 4 is 11.3 Å². The Bertz CT molecular complexity index is 484. The fourth-order valence-electron chi connectivity index (χ4n) is 1.79. The van der Waals surface area contributed by atoms with Gasteiger partial charge in [0.1, 0.15) is 0 Å². The number of aliphatic hydroxyl groups excluding tert-OH is 1. The molecule has 5 nitrogen and oxygen atoms in total. The summed E-state index contributed by atoms with van der Waals surface area (Å²) >= 11 is 1.65. The molecule has 2 N–H and O–H groups in total. The van der Waals surface area contributed by atoms with Crippen LogP contribution in [0.5, 0.6) is 0 Å². The van der Waals surface area contributed by atoms with E-state index in [1.165, 1.54) is 4.88 Å². The number of furan rings is 1. The monoisotopic (exact) mass is 296 g/mol. The summed E-state index contributed by atoms with van der Waals surface area (Å²) in [5, 5.41) is 12.9. The van der Waals surface area contributed by atoms with Crippen LogP contribution in [0.25, 0.3) is 0 Å². The minimum Gasteiger partial charge on any atom is -0.472 e. The van der Waals surface area contributed by atoms with Gasteiger partial charge in [-0.05, 0) is 13.0 Å². The number of aromatic nitrogens is 1. The van der Waals surface area contributed by atoms with Gasteiger partial charge in [-0.2, -0.15) is 0 Å². The standard InChI is InChI=1S/C14H20N2O3S/c1-11-14(20-10-16-11)3-5-19-9-13(17)7-15-6-12-2-4-18-8-12/h2,4,8,10,13,15,17H,3,5-7,9H2,1H3. The topological polar surface area (TPSA) is 67.5 Å². The van der Waals surface area contributed by atoms with Crippen LogP contribution in [0.3, 0.4) is 0 Å². The Hall–Kier alpha value is -1.21. The molecule has 0 radical (unpaired) electrons. The van der Waals surface area contributed by atoms with Crippen molar-refractivity contribution in [2.24, 2.45) is 0 Å². The predicted molar refractivity (Wildman–Crippen MR) is 77.8 cm³/mol. The summed E-state index contributed by atoms with van der Waals surface area (Å²) in [5.41, 5.74) is 3.99. The first-order valence-electron chi connectivity index (χ1n) is 6.62. The fourth-order valence-corrected chi connectivity index (χ4v) is 2.55. The number of aryl methyl sites for hydroxylation is 1. The van der Waals surface area contributed by atoms with Gasteiger partial charge in [0.05, 0.1) is 43.0 Å². The van der Waals surface area contributed by atoms with Gasteiger partial charge in [0.25, 0.3) is 0 Å². The first kappa shape index (κ1) is 15.2. The molecule has 110 valence electrons. The Morgan fingerprint density at radius 1 is 1.55 bits per heavy atom. The molecule has 0 bridgehead atoms. The Balaban J connectivity index is 1.52. The number of nitrogens with zero attached hydrogens (tertiary/aromatic N) is 1. The van der Waals surface area contributed by atoms with Crippen LogP contribution >= 0.6 is 11.3 Å². The van der Waals surface area contributed by atoms with Gasteiger partial charge in [0.2, 0.25) is 0 Å². The molecule has 0 aliphatic carbocycles. The zero-order chi connectivity index (χ0) is 14.2. The van der Waals surface area contributed by atoms with Gasteiger partial charge in [-0.3, -0.25) is 0 Å². The van der Waals surface area contributed by atoms with Gasteiger partial charge in [0, 0.05) is 30.0 Å². The molecule has 0 aliphatic heterocycles. The molecule has 0 saturated heterocycles. The maximum atomic E-state index is 9.77. The quantitative estimate of drug-likeness (QED) is 0.690. The Labute approximate surface area is 122 Å². The highest BCUT2D eigenvalue weighted by atomic mass is 32.1. The molecule has 2 rings (SSSR count). The maximum absolute atomic E-state index is 9.77. The summed E-state index contributed by atoms with van der Waals surface area (Å²) in [6, 6.07) is 1.90. The first-order valence-corrected chi connectivity index (χ1v) is 7.50. The van der Waals surface area contributed by atoms with E-state index in [0.717, 1.165) is 17.7 Å². The number of aliphatic hydroxyl groups is 1. The minimum absolute atomic E-state index is 0.343. The summed E-state index contributed by atoms with van der Waals surface area (Å²) in [7, 11) is 0. The van der Waals surface area contributed by atoms with Gasteiger partial charge < -0.3 is 19.6 Å². The second kappa shape index (κ2) is 8.16. The largest absolute Gasteiger partial charge is 0.472 e. The number of nitrogens with one attached hydrogen (secondary N) is 1. The lowest BCUT2D eigenvalue weighted by Gasteiger charge is -2.11. The van der Waals surface area contributed by atoms with Crippen molar-refractivity contribution in [2.75, 3.05) is 19.8 Å². The molecule has 0 fully saturated rings. The van der Waals surface area contributed by atoms with Crippen LogP contribution in [0.1, 0.15) is 16.1 Å². The molecule has 2 heterocycles. The molecule has 1 atom stereocenters. The molecule has 1 unspecified atom stereocenters. The fraction of sp³-hybridized carbons (Fsp3) is 0.500. The Morgan fingerprint density at radius 3 is 3.15 bits per heavy atom. The van der Waals surface area contributed by atoms with Crippen molar-refractivity contribution in [1.29, 1.82) is 0 Å². The van der Waals surface area contributed by atoms with Crippen molar-refractivity contribution in [3.63, 3.8) is 0 Å². The molecule has 0 spiro atoms. The van der Waals surface area contributed by atoms with E-state index in [0.29, 0.717) is 26.3 Å². The van der Waals surface area contributed by atoms with Gasteiger partial charge in [0.15, 0.2) is 0 Å². The normalized spacial score (nSPS) is 12.7. The van der Waals surface area contributed by atoms with Crippen LogP contribution in [0.2, 0.25) is 0 Å². The van der Waals surface area contributed by atoms with Crippen LogP contribution in [0.4, 0.5) is 0 Å². The lowest BCUT2D eigenvalue weighted by Crippen LogP contribution is -2.30. The lowest BCUT2D eigenvalue weighted by molar-refractivity contribution is 0.0383. The molecule has 2 aromatic heterocycles. The third-order valence-electron chi connectivity index (χ3n) is 2.92. The molecular weight excluding hydrogens is 276 g/mol. The summed E-state index contributed by atoms with van der Waals surface area (Å²) in [4.78, 5) is 5.44. The van der Waals surface area contributed by atoms with Gasteiger partial charge in [-0.1, -0.05) is 0 Å². The Morgan fingerprint density at radius 2 is 2.45 bits per heavy atom. The lowest BCUT2D eigenvalue weighted by atomic mass is 10.3. The third kappa shape index (κ3) is 5.05. The van der Waals surface area contributed by atoms with E-state index in [4.69, 9.17) is 9.15 Å². The highest BCUT2D eigenvalue weighted by Crippen LogP contribution is 2.12. The van der Waals surface area contributed by atoms with Crippen molar-refractivity contribution in [3.8, 4) is 0 Å². The van der Waals surface area contributed by atoms with Crippen LogP contribution in [-0.4, -0.2) is 36.0 Å². The number of rotatable bonds is 9. The molecule has 2 aromatic rings. The van der Waals surface area contributed by atoms with Crippen LogP contribution < -0.4 is 5.32 Å². The van der Waals surface area contributed by atoms with E-state index in [9.17, 15) is 5.11 Å². The number of hydrogen-bond donors (Lipinski definition) is 2. The second-order valence-corrected chi connectivity index (χ2v) is 5.54. The van der Waals surface area contributed by atoms with Crippen molar-refractivity contribution in [2.45, 2.75) is 26.0 Å². The van der Waals surface area contributed by atoms with Crippen molar-refractivity contribution in [1.82, 2.24) is 10.3 Å². The molecule has 0 amide bonds. The van der Waals surface area contributed by atoms with Crippen LogP contribution in [0.15, 0.2) is 28.5 Å². The summed E-state index contributed by atoms with van der Waals surface area (Å²) in [5.74, 6) is 0. The van der Waals surface area contributed by atoms with E-state index < -0.39 is 6.10 Å². The SMILES string of the molecule is Cc1ncsc1CCOCC(O)CNCc1ccoc1. The highest BCUT2D eigenvalue weighted by Gasteiger charge is 2.05. The van der Waals surface area contributed by atoms with Crippen LogP contribution in [-0.2, 0) is 17.7 Å². The van der Waals surface area contributed by atoms with E-state index in [1.807, 2.05) is 18.5 Å². The van der Waals surface area contributed by atoms with Crippen molar-refractivity contribution < 1.29 is 14.3 Å². The molecular formula is C14H20N2O3S. The number of ether oxygens (including phenoxy) is 1. The Kier molecular flexibility index (Phi) is 6.20. The molecule has 6 heteroatoms. The maximum Gasteiger partial charge on any atom is 0.0947 e. The second-order valence-electron chi connectivity index (χ2n) is 4.60. The number of hydrogen-bond acceptors (Lipinski definition) is 6. The first-order chi connectivity index (χ1) is 9.75. The van der Waals surface area contributed by atoms with E-state index in [2.05, 4.69) is 10.3 Å². The van der Waals surface area contributed by atoms with Crippen molar-refractivity contribution in [3.05, 3.63) is 40.2 Å². The summed E-state index contributed by atoms with van der Waals surface area (Å²) < 4.78 is 10.4. The third-order valence-corrected chi connectivity index (χ3v) is 3.91. The van der Waals surface area contributed by atoms with Gasteiger partial charge in [-0.15, -0.1) is 11.3 Å². The smallest absolute Gasteiger partial charge is 0.0947 e. The average molecular weight is 296 g/mol. The van der Waals surface area contributed by atoms with E-state index in [1.54, 1.807) is 23.9 Å². The molecule has 20 heavy (non-hydrogen) atoms. The highest BCUT2D eigenvalue weighted by molar-refractivity contribution is 7.09. The van der Waals surface area contributed by atoms with Crippen LogP contribution in [0, 0.1) is 6.92 Å². The van der Waals surface area contributed by atoms with Gasteiger partial charge in [-0.25, -0.2) is 4.98 Å². The molecule has 0 aromatic carbocycles. The predicted octanol–water partition coefficient (Wildman–Crippen LogP) is 1.75. The zero-order valence-electron chi connectivity index (χ0n) is 11.5. The van der Waals surface area contributed by atoms with Gasteiger partial charge >= 0.3 is 0 Å². The summed E-state index contributed by atoms with van der Waals surface area (Å²) in [6.45, 7) is 4.15. The molecule has 0 aliphatic rings. The number of thiazole rings is 1.